The number of rotatable bonds is 6. The third kappa shape index (κ3) is 3.49. The minimum Gasteiger partial charge on any atom is -0.480 e. The first-order valence-electron chi connectivity index (χ1n) is 6.93. The Bertz CT molecular complexity index is 654. The highest BCUT2D eigenvalue weighted by atomic mass is 16.5. The van der Waals surface area contributed by atoms with E-state index in [1.165, 1.54) is 6.07 Å². The van der Waals surface area contributed by atoms with E-state index in [0.29, 0.717) is 17.7 Å². The predicted molar refractivity (Wildman–Crippen MR) is 78.1 cm³/mol. The molecule has 2 aromatic rings. The molecule has 0 unspecified atom stereocenters. The maximum absolute atomic E-state index is 12.1. The van der Waals surface area contributed by atoms with Gasteiger partial charge in [-0.05, 0) is 18.1 Å². The summed E-state index contributed by atoms with van der Waals surface area (Å²) in [6.07, 6.45) is 3.84. The van der Waals surface area contributed by atoms with Gasteiger partial charge in [0.05, 0.1) is 0 Å². The fourth-order valence-electron chi connectivity index (χ4n) is 1.93. The summed E-state index contributed by atoms with van der Waals surface area (Å²) in [4.78, 5) is 27.3. The molecule has 0 saturated heterocycles. The van der Waals surface area contributed by atoms with E-state index in [1.807, 2.05) is 6.92 Å². The summed E-state index contributed by atoms with van der Waals surface area (Å²) in [5.41, 5.74) is 0.721. The number of nitrogens with one attached hydrogen (secondary N) is 1. The average Bonchev–Trinajstić information content (AvgIpc) is 3.02. The van der Waals surface area contributed by atoms with Gasteiger partial charge in [0.15, 0.2) is 11.5 Å². The van der Waals surface area contributed by atoms with Crippen LogP contribution in [0.1, 0.15) is 30.8 Å². The predicted octanol–water partition coefficient (Wildman–Crippen LogP) is 1.97. The summed E-state index contributed by atoms with van der Waals surface area (Å²) in [5.74, 6) is -1.44. The minimum atomic E-state index is -1.07. The lowest BCUT2D eigenvalue weighted by Crippen LogP contribution is -2.45. The molecule has 0 radical (unpaired) electrons. The Labute approximate surface area is 127 Å². The fraction of sp³-hybridized carbons (Fsp3) is 0.333. The van der Waals surface area contributed by atoms with Gasteiger partial charge in [-0.25, -0.2) is 4.79 Å². The summed E-state index contributed by atoms with van der Waals surface area (Å²) in [6, 6.07) is 4.01. The van der Waals surface area contributed by atoms with Gasteiger partial charge >= 0.3 is 5.97 Å². The fourth-order valence-corrected chi connectivity index (χ4v) is 1.93. The van der Waals surface area contributed by atoms with Crippen molar-refractivity contribution in [3.63, 3.8) is 0 Å². The Kier molecular flexibility index (Phi) is 4.88. The quantitative estimate of drug-likeness (QED) is 0.845. The minimum absolute atomic E-state index is 0.0356. The summed E-state index contributed by atoms with van der Waals surface area (Å²) in [7, 11) is 0. The number of aromatic nitrogens is 2. The Morgan fingerprint density at radius 1 is 1.45 bits per heavy atom. The second kappa shape index (κ2) is 6.84. The highest BCUT2D eigenvalue weighted by Crippen LogP contribution is 2.19. The number of nitrogens with zero attached hydrogens (tertiary/aromatic N) is 2. The van der Waals surface area contributed by atoms with Gasteiger partial charge in [0.25, 0.3) is 5.91 Å². The molecule has 2 heterocycles. The molecule has 2 N–H and O–H groups in total. The zero-order valence-corrected chi connectivity index (χ0v) is 12.3. The molecule has 116 valence electrons. The Balaban J connectivity index is 2.13. The van der Waals surface area contributed by atoms with Crippen LogP contribution in [0.15, 0.2) is 35.1 Å². The van der Waals surface area contributed by atoms with Crippen molar-refractivity contribution in [2.24, 2.45) is 5.92 Å². The number of carboxylic acids is 1. The zero-order chi connectivity index (χ0) is 16.1. The molecule has 7 heteroatoms. The third-order valence-electron chi connectivity index (χ3n) is 3.45. The van der Waals surface area contributed by atoms with Gasteiger partial charge in [-0.3, -0.25) is 9.78 Å². The van der Waals surface area contributed by atoms with Gasteiger partial charge in [-0.1, -0.05) is 25.4 Å². The second-order valence-electron chi connectivity index (χ2n) is 4.99. The number of carbonyl (C=O) groups is 2. The molecule has 22 heavy (non-hydrogen) atoms. The number of carbonyl (C=O) groups excluding carboxylic acids is 1. The lowest BCUT2D eigenvalue weighted by molar-refractivity contribution is -0.140. The molecule has 1 amide bonds. The monoisotopic (exact) mass is 303 g/mol. The van der Waals surface area contributed by atoms with Crippen LogP contribution in [0, 0.1) is 5.92 Å². The number of amides is 1. The van der Waals surface area contributed by atoms with Gasteiger partial charge in [0, 0.05) is 24.0 Å². The average molecular weight is 303 g/mol. The molecule has 0 saturated carbocycles. The molecule has 0 aliphatic rings. The second-order valence-corrected chi connectivity index (χ2v) is 4.99. The largest absolute Gasteiger partial charge is 0.480 e. The number of carboxylic acid groups (broad SMARTS) is 1. The maximum Gasteiger partial charge on any atom is 0.326 e. The number of pyridine rings is 1. The normalized spacial score (nSPS) is 13.4. The molecule has 0 aromatic carbocycles. The van der Waals surface area contributed by atoms with Gasteiger partial charge in [-0.2, -0.15) is 0 Å². The van der Waals surface area contributed by atoms with E-state index in [9.17, 15) is 14.7 Å². The van der Waals surface area contributed by atoms with Crippen LogP contribution in [-0.4, -0.2) is 33.2 Å². The number of aliphatic carboxylic acids is 1. The standard InChI is InChI=1S/C15H17N3O4/c1-3-9(2)13(15(20)21)17-14(19)11-7-12(22-18-11)10-5-4-6-16-8-10/h4-9,13H,3H2,1-2H3,(H,17,19)(H,20,21)/t9-,13-/m0/s1. The van der Waals surface area contributed by atoms with Crippen LogP contribution in [0.4, 0.5) is 0 Å². The van der Waals surface area contributed by atoms with Crippen LogP contribution >= 0.6 is 0 Å². The van der Waals surface area contributed by atoms with E-state index in [-0.39, 0.29) is 11.6 Å². The lowest BCUT2D eigenvalue weighted by atomic mass is 9.99. The third-order valence-corrected chi connectivity index (χ3v) is 3.45. The van der Waals surface area contributed by atoms with Crippen LogP contribution in [0.2, 0.25) is 0 Å². The molecule has 0 spiro atoms. The highest BCUT2D eigenvalue weighted by Gasteiger charge is 2.27. The first-order chi connectivity index (χ1) is 10.5. The van der Waals surface area contributed by atoms with Crippen molar-refractivity contribution in [2.75, 3.05) is 0 Å². The van der Waals surface area contributed by atoms with E-state index in [0.717, 1.165) is 0 Å². The van der Waals surface area contributed by atoms with Gasteiger partial charge in [-0.15, -0.1) is 0 Å². The summed E-state index contributed by atoms with van der Waals surface area (Å²) in [6.45, 7) is 3.63. The van der Waals surface area contributed by atoms with Crippen molar-refractivity contribution in [3.05, 3.63) is 36.3 Å². The van der Waals surface area contributed by atoms with E-state index < -0.39 is 17.9 Å². The maximum atomic E-state index is 12.1. The number of hydrogen-bond donors (Lipinski definition) is 2. The van der Waals surface area contributed by atoms with Crippen LogP contribution in [0.25, 0.3) is 11.3 Å². The van der Waals surface area contributed by atoms with E-state index in [4.69, 9.17) is 4.52 Å². The van der Waals surface area contributed by atoms with Crippen LogP contribution in [0.3, 0.4) is 0 Å². The van der Waals surface area contributed by atoms with E-state index in [2.05, 4.69) is 15.5 Å². The molecular weight excluding hydrogens is 286 g/mol. The summed E-state index contributed by atoms with van der Waals surface area (Å²) < 4.78 is 5.10. The Morgan fingerprint density at radius 3 is 2.82 bits per heavy atom. The molecule has 2 atom stereocenters. The van der Waals surface area contributed by atoms with Gasteiger partial charge in [0.2, 0.25) is 0 Å². The molecule has 2 aromatic heterocycles. The zero-order valence-electron chi connectivity index (χ0n) is 12.3. The molecule has 0 fully saturated rings. The van der Waals surface area contributed by atoms with E-state index in [1.54, 1.807) is 31.5 Å². The molecule has 0 aliphatic heterocycles. The van der Waals surface area contributed by atoms with Gasteiger partial charge in [0.1, 0.15) is 6.04 Å². The number of hydrogen-bond acceptors (Lipinski definition) is 5. The smallest absolute Gasteiger partial charge is 0.326 e. The van der Waals surface area contributed by atoms with Crippen molar-refractivity contribution in [3.8, 4) is 11.3 Å². The van der Waals surface area contributed by atoms with Crippen molar-refractivity contribution in [1.29, 1.82) is 0 Å². The Hall–Kier alpha value is -2.70. The van der Waals surface area contributed by atoms with Crippen molar-refractivity contribution in [1.82, 2.24) is 15.5 Å². The topological polar surface area (TPSA) is 105 Å². The summed E-state index contributed by atoms with van der Waals surface area (Å²) >= 11 is 0. The van der Waals surface area contributed by atoms with Crippen LogP contribution < -0.4 is 5.32 Å². The van der Waals surface area contributed by atoms with E-state index >= 15 is 0 Å². The van der Waals surface area contributed by atoms with Gasteiger partial charge < -0.3 is 14.9 Å². The molecular formula is C15H17N3O4. The first-order valence-corrected chi connectivity index (χ1v) is 6.93. The van der Waals surface area contributed by atoms with Crippen LogP contribution in [-0.2, 0) is 4.79 Å². The summed E-state index contributed by atoms with van der Waals surface area (Å²) in [5, 5.41) is 15.3. The van der Waals surface area contributed by atoms with Crippen LogP contribution in [0.5, 0.6) is 0 Å². The molecule has 0 bridgehead atoms. The molecule has 2 rings (SSSR count). The lowest BCUT2D eigenvalue weighted by Gasteiger charge is -2.19. The molecule has 0 aliphatic carbocycles. The highest BCUT2D eigenvalue weighted by molar-refractivity contribution is 5.95. The SMILES string of the molecule is CC[C@H](C)[C@H](NC(=O)c1cc(-c2cccnc2)on1)C(=O)O. The van der Waals surface area contributed by atoms with Crippen molar-refractivity contribution >= 4 is 11.9 Å². The first kappa shape index (κ1) is 15.7. The van der Waals surface area contributed by atoms with Crippen molar-refractivity contribution in [2.45, 2.75) is 26.3 Å². The van der Waals surface area contributed by atoms with Crippen molar-refractivity contribution < 1.29 is 19.2 Å². The molecule has 7 nitrogen and oxygen atoms in total. The Morgan fingerprint density at radius 2 is 2.23 bits per heavy atom.